The van der Waals surface area contributed by atoms with Gasteiger partial charge in [0.25, 0.3) is 5.91 Å². The molecule has 0 spiro atoms. The maximum Gasteiger partial charge on any atom is 0.260 e. The lowest BCUT2D eigenvalue weighted by Crippen LogP contribution is -2.15. The second kappa shape index (κ2) is 9.27. The van der Waals surface area contributed by atoms with E-state index in [2.05, 4.69) is 43.0 Å². The van der Waals surface area contributed by atoms with Gasteiger partial charge in [0.1, 0.15) is 23.6 Å². The average molecular weight is 442 g/mol. The van der Waals surface area contributed by atoms with Gasteiger partial charge in [0.05, 0.1) is 12.2 Å². The Kier molecular flexibility index (Phi) is 6.54. The van der Waals surface area contributed by atoms with E-state index in [0.717, 1.165) is 10.9 Å². The molecule has 7 nitrogen and oxygen atoms in total. The molecule has 0 aliphatic carbocycles. The maximum atomic E-state index is 12.8. The fourth-order valence-electron chi connectivity index (χ4n) is 2.56. The van der Waals surface area contributed by atoms with Gasteiger partial charge < -0.3 is 14.6 Å². The van der Waals surface area contributed by atoms with E-state index < -0.39 is 0 Å². The number of halogens is 1. The number of pyridine rings is 1. The highest BCUT2D eigenvalue weighted by atomic mass is 79.9. The summed E-state index contributed by atoms with van der Waals surface area (Å²) in [5.41, 5.74) is 1.04. The third-order valence-corrected chi connectivity index (χ3v) is 4.30. The first kappa shape index (κ1) is 19.8. The Labute approximate surface area is 171 Å². The molecule has 1 aromatic carbocycles. The van der Waals surface area contributed by atoms with Crippen LogP contribution in [0.1, 0.15) is 23.7 Å². The second-order valence-electron chi connectivity index (χ2n) is 5.95. The number of ether oxygens (including phenoxy) is 1. The van der Waals surface area contributed by atoms with E-state index in [1.807, 2.05) is 23.6 Å². The molecule has 0 atom stereocenters. The molecule has 28 heavy (non-hydrogen) atoms. The van der Waals surface area contributed by atoms with Gasteiger partial charge in [-0.3, -0.25) is 4.79 Å². The van der Waals surface area contributed by atoms with Crippen LogP contribution in [0.3, 0.4) is 0 Å². The predicted octanol–water partition coefficient (Wildman–Crippen LogP) is 4.33. The molecule has 3 aromatic rings. The van der Waals surface area contributed by atoms with E-state index in [9.17, 15) is 4.79 Å². The first-order chi connectivity index (χ1) is 13.6. The summed E-state index contributed by atoms with van der Waals surface area (Å²) in [5.74, 6) is 1.25. The van der Waals surface area contributed by atoms with Crippen LogP contribution in [0.15, 0.2) is 59.9 Å². The maximum absolute atomic E-state index is 12.8. The summed E-state index contributed by atoms with van der Waals surface area (Å²) in [4.78, 5) is 17.3. The van der Waals surface area contributed by atoms with Crippen LogP contribution in [-0.2, 0) is 6.54 Å². The molecule has 2 aromatic heterocycles. The first-order valence-electron chi connectivity index (χ1n) is 8.82. The summed E-state index contributed by atoms with van der Waals surface area (Å²) in [6.07, 6.45) is 4.22. The molecule has 0 bridgehead atoms. The smallest absolute Gasteiger partial charge is 0.260 e. The number of nitrogens with zero attached hydrogens (tertiary/aromatic N) is 4. The van der Waals surface area contributed by atoms with Crippen molar-refractivity contribution in [3.05, 3.63) is 65.4 Å². The molecule has 144 valence electrons. The Hall–Kier alpha value is -3.00. The Morgan fingerprint density at radius 1 is 1.36 bits per heavy atom. The normalized spacial score (nSPS) is 10.5. The number of benzene rings is 1. The molecule has 0 saturated heterocycles. The Bertz CT molecular complexity index is 986. The van der Waals surface area contributed by atoms with Crippen LogP contribution >= 0.6 is 15.9 Å². The summed E-state index contributed by atoms with van der Waals surface area (Å²) in [6, 6.07) is 10.7. The van der Waals surface area contributed by atoms with Crippen molar-refractivity contribution in [2.24, 2.45) is 0 Å². The topological polar surface area (TPSA) is 81.9 Å². The van der Waals surface area contributed by atoms with Gasteiger partial charge in [0.15, 0.2) is 5.82 Å². The lowest BCUT2D eigenvalue weighted by atomic mass is 10.2. The summed E-state index contributed by atoms with van der Waals surface area (Å²) in [7, 11) is 0. The van der Waals surface area contributed by atoms with Gasteiger partial charge in [-0.2, -0.15) is 0 Å². The molecule has 1 amide bonds. The molecule has 0 fully saturated rings. The van der Waals surface area contributed by atoms with Gasteiger partial charge in [-0.15, -0.1) is 16.8 Å². The van der Waals surface area contributed by atoms with E-state index in [1.165, 1.54) is 0 Å². The van der Waals surface area contributed by atoms with Crippen LogP contribution in [0.5, 0.6) is 5.75 Å². The van der Waals surface area contributed by atoms with E-state index in [4.69, 9.17) is 4.74 Å². The van der Waals surface area contributed by atoms with Crippen LogP contribution in [-0.4, -0.2) is 32.3 Å². The minimum Gasteiger partial charge on any atom is -0.493 e. The zero-order chi connectivity index (χ0) is 19.9. The molecule has 3 rings (SSSR count). The van der Waals surface area contributed by atoms with Crippen molar-refractivity contribution < 1.29 is 9.53 Å². The number of carbonyl (C=O) groups excluding carboxylic acids is 1. The molecule has 0 unspecified atom stereocenters. The summed E-state index contributed by atoms with van der Waals surface area (Å²) in [6.45, 7) is 6.84. The zero-order valence-electron chi connectivity index (χ0n) is 15.4. The number of hydrogen-bond donors (Lipinski definition) is 1. The van der Waals surface area contributed by atoms with Crippen LogP contribution in [0.2, 0.25) is 0 Å². The molecular weight excluding hydrogens is 422 g/mol. The lowest BCUT2D eigenvalue weighted by Gasteiger charge is -2.12. The highest BCUT2D eigenvalue weighted by Crippen LogP contribution is 2.25. The van der Waals surface area contributed by atoms with Gasteiger partial charge in [-0.1, -0.05) is 35.0 Å². The SMILES string of the molecule is C=CCn1cnnc1-c1cccc(NC(=O)c2cc(Br)ccc2OCCC)n1. The number of amides is 1. The molecular formula is C20H20BrN5O2. The summed E-state index contributed by atoms with van der Waals surface area (Å²) < 4.78 is 8.31. The summed E-state index contributed by atoms with van der Waals surface area (Å²) >= 11 is 3.40. The van der Waals surface area contributed by atoms with Gasteiger partial charge in [-0.05, 0) is 36.8 Å². The molecule has 0 aliphatic heterocycles. The number of rotatable bonds is 8. The van der Waals surface area contributed by atoms with Gasteiger partial charge >= 0.3 is 0 Å². The van der Waals surface area contributed by atoms with E-state index in [1.54, 1.807) is 36.7 Å². The van der Waals surface area contributed by atoms with Gasteiger partial charge in [0.2, 0.25) is 0 Å². The lowest BCUT2D eigenvalue weighted by molar-refractivity contribution is 0.102. The van der Waals surface area contributed by atoms with Crippen LogP contribution in [0.4, 0.5) is 5.82 Å². The summed E-state index contributed by atoms with van der Waals surface area (Å²) in [5, 5.41) is 10.9. The zero-order valence-corrected chi connectivity index (χ0v) is 17.0. The number of anilines is 1. The quantitative estimate of drug-likeness (QED) is 0.526. The second-order valence-corrected chi connectivity index (χ2v) is 6.86. The highest BCUT2D eigenvalue weighted by Gasteiger charge is 2.15. The number of hydrogen-bond acceptors (Lipinski definition) is 5. The number of aromatic nitrogens is 4. The Morgan fingerprint density at radius 3 is 3.00 bits per heavy atom. The third kappa shape index (κ3) is 4.64. The van der Waals surface area contributed by atoms with Crippen LogP contribution in [0.25, 0.3) is 11.5 Å². The van der Waals surface area contributed by atoms with Crippen molar-refractivity contribution >= 4 is 27.7 Å². The fourth-order valence-corrected chi connectivity index (χ4v) is 2.92. The standard InChI is InChI=1S/C20H20BrN5O2/c1-3-10-26-13-22-25-19(26)16-6-5-7-18(23-16)24-20(27)15-12-14(21)8-9-17(15)28-11-4-2/h3,5-9,12-13H,1,4,10-11H2,2H3,(H,23,24,27). The molecule has 8 heteroatoms. The molecule has 0 radical (unpaired) electrons. The van der Waals surface area contributed by atoms with Crippen molar-refractivity contribution in [2.75, 3.05) is 11.9 Å². The fraction of sp³-hybridized carbons (Fsp3) is 0.200. The molecule has 2 heterocycles. The number of allylic oxidation sites excluding steroid dienone is 1. The minimum absolute atomic E-state index is 0.301. The van der Waals surface area contributed by atoms with Crippen molar-refractivity contribution in [3.63, 3.8) is 0 Å². The van der Waals surface area contributed by atoms with Crippen molar-refractivity contribution in [1.29, 1.82) is 0 Å². The van der Waals surface area contributed by atoms with Crippen LogP contribution in [0, 0.1) is 0 Å². The van der Waals surface area contributed by atoms with E-state index >= 15 is 0 Å². The minimum atomic E-state index is -0.301. The van der Waals surface area contributed by atoms with Crippen LogP contribution < -0.4 is 10.1 Å². The Balaban J connectivity index is 1.85. The van der Waals surface area contributed by atoms with E-state index in [-0.39, 0.29) is 5.91 Å². The monoisotopic (exact) mass is 441 g/mol. The largest absolute Gasteiger partial charge is 0.493 e. The first-order valence-corrected chi connectivity index (χ1v) is 9.61. The molecule has 1 N–H and O–H groups in total. The number of nitrogens with one attached hydrogen (secondary N) is 1. The van der Waals surface area contributed by atoms with Gasteiger partial charge in [0, 0.05) is 11.0 Å². The average Bonchev–Trinajstić information content (AvgIpc) is 3.16. The van der Waals surface area contributed by atoms with Crippen molar-refractivity contribution in [2.45, 2.75) is 19.9 Å². The van der Waals surface area contributed by atoms with Crippen molar-refractivity contribution in [1.82, 2.24) is 19.7 Å². The molecule has 0 saturated carbocycles. The highest BCUT2D eigenvalue weighted by molar-refractivity contribution is 9.10. The third-order valence-electron chi connectivity index (χ3n) is 3.81. The van der Waals surface area contributed by atoms with Crippen molar-refractivity contribution in [3.8, 4) is 17.3 Å². The van der Waals surface area contributed by atoms with Gasteiger partial charge in [-0.25, -0.2) is 4.98 Å². The Morgan fingerprint density at radius 2 is 2.21 bits per heavy atom. The molecule has 0 aliphatic rings. The number of carbonyl (C=O) groups is 1. The predicted molar refractivity (Wildman–Crippen MR) is 111 cm³/mol. The van der Waals surface area contributed by atoms with E-state index in [0.29, 0.717) is 41.8 Å².